The van der Waals surface area contributed by atoms with Crippen LogP contribution < -0.4 is 5.43 Å². The first-order valence-corrected chi connectivity index (χ1v) is 7.94. The molecule has 1 N–H and O–H groups in total. The lowest BCUT2D eigenvalue weighted by Gasteiger charge is -2.02. The van der Waals surface area contributed by atoms with Crippen molar-refractivity contribution in [3.8, 4) is 0 Å². The zero-order valence-corrected chi connectivity index (χ0v) is 13.9. The highest BCUT2D eigenvalue weighted by Gasteiger charge is 2.05. The van der Waals surface area contributed by atoms with Gasteiger partial charge in [-0.2, -0.15) is 5.10 Å². The number of benzene rings is 1. The van der Waals surface area contributed by atoms with Gasteiger partial charge in [-0.3, -0.25) is 14.9 Å². The Balaban J connectivity index is 1.83. The molecule has 0 saturated carbocycles. The van der Waals surface area contributed by atoms with Crippen molar-refractivity contribution < 1.29 is 9.72 Å². The van der Waals surface area contributed by atoms with Gasteiger partial charge in [0.2, 0.25) is 0 Å². The average molecular weight is 345 g/mol. The van der Waals surface area contributed by atoms with Crippen LogP contribution in [0, 0.1) is 24.0 Å². The molecule has 0 saturated heterocycles. The van der Waals surface area contributed by atoms with E-state index < -0.39 is 4.92 Å². The van der Waals surface area contributed by atoms with Crippen molar-refractivity contribution in [3.05, 3.63) is 57.4 Å². The molecule has 9 heteroatoms. The van der Waals surface area contributed by atoms with Gasteiger partial charge in [0.1, 0.15) is 0 Å². The number of rotatable bonds is 6. The van der Waals surface area contributed by atoms with Crippen LogP contribution in [0.15, 0.2) is 40.6 Å². The third-order valence-corrected chi connectivity index (χ3v) is 3.65. The standard InChI is InChI=1S/C15H15N5O3S/c1-10-7-11(2)18-15(17-10)24-9-14(21)19-16-8-12-3-5-13(6-4-12)20(22)23/h3-8H,9H2,1-2H3,(H,19,21)/b16-8-. The fraction of sp³-hybridized carbons (Fsp3) is 0.200. The highest BCUT2D eigenvalue weighted by Crippen LogP contribution is 2.13. The van der Waals surface area contributed by atoms with Gasteiger partial charge in [-0.1, -0.05) is 11.8 Å². The third kappa shape index (κ3) is 5.43. The molecule has 2 aromatic rings. The summed E-state index contributed by atoms with van der Waals surface area (Å²) in [5, 5.41) is 14.9. The lowest BCUT2D eigenvalue weighted by Crippen LogP contribution is -2.19. The molecule has 124 valence electrons. The van der Waals surface area contributed by atoms with Crippen molar-refractivity contribution in [2.75, 3.05) is 5.75 Å². The van der Waals surface area contributed by atoms with Crippen LogP contribution in [0.5, 0.6) is 0 Å². The smallest absolute Gasteiger partial charge is 0.269 e. The van der Waals surface area contributed by atoms with Crippen LogP contribution in [0.25, 0.3) is 0 Å². The zero-order chi connectivity index (χ0) is 17.5. The highest BCUT2D eigenvalue weighted by molar-refractivity contribution is 7.99. The monoisotopic (exact) mass is 345 g/mol. The quantitative estimate of drug-likeness (QED) is 0.283. The number of thioether (sulfide) groups is 1. The van der Waals surface area contributed by atoms with Gasteiger partial charge in [0.15, 0.2) is 5.16 Å². The summed E-state index contributed by atoms with van der Waals surface area (Å²) in [6.07, 6.45) is 1.42. The normalized spacial score (nSPS) is 10.8. The molecular weight excluding hydrogens is 330 g/mol. The number of non-ortho nitro benzene ring substituents is 1. The minimum absolute atomic E-state index is 0.000957. The number of hydrogen-bond acceptors (Lipinski definition) is 7. The van der Waals surface area contributed by atoms with Crippen LogP contribution in [0.2, 0.25) is 0 Å². The van der Waals surface area contributed by atoms with Crippen LogP contribution in [-0.4, -0.2) is 32.8 Å². The van der Waals surface area contributed by atoms with Crippen LogP contribution >= 0.6 is 11.8 Å². The maximum Gasteiger partial charge on any atom is 0.269 e. The van der Waals surface area contributed by atoms with Gasteiger partial charge in [0.05, 0.1) is 16.9 Å². The maximum atomic E-state index is 11.7. The van der Waals surface area contributed by atoms with E-state index in [-0.39, 0.29) is 17.3 Å². The maximum absolute atomic E-state index is 11.7. The minimum Gasteiger partial charge on any atom is -0.272 e. The molecule has 0 unspecified atom stereocenters. The zero-order valence-electron chi connectivity index (χ0n) is 13.1. The van der Waals surface area contributed by atoms with Crippen molar-refractivity contribution in [1.82, 2.24) is 15.4 Å². The summed E-state index contributed by atoms with van der Waals surface area (Å²) in [4.78, 5) is 30.3. The Hall–Kier alpha value is -2.81. The number of aromatic nitrogens is 2. The fourth-order valence-corrected chi connectivity index (χ4v) is 2.52. The van der Waals surface area contributed by atoms with Gasteiger partial charge in [-0.25, -0.2) is 15.4 Å². The Kier molecular flexibility index (Phi) is 5.96. The second-order valence-electron chi connectivity index (χ2n) is 4.86. The number of nitro groups is 1. The average Bonchev–Trinajstić information content (AvgIpc) is 2.52. The van der Waals surface area contributed by atoms with E-state index in [4.69, 9.17) is 0 Å². The lowest BCUT2D eigenvalue weighted by atomic mass is 10.2. The summed E-state index contributed by atoms with van der Waals surface area (Å²) in [5.74, 6) is -0.151. The summed E-state index contributed by atoms with van der Waals surface area (Å²) in [7, 11) is 0. The van der Waals surface area contributed by atoms with Crippen molar-refractivity contribution in [2.45, 2.75) is 19.0 Å². The van der Waals surface area contributed by atoms with E-state index in [1.54, 1.807) is 12.1 Å². The molecule has 0 spiro atoms. The lowest BCUT2D eigenvalue weighted by molar-refractivity contribution is -0.384. The summed E-state index contributed by atoms with van der Waals surface area (Å²) < 4.78 is 0. The molecule has 1 aromatic carbocycles. The Labute approximate surface area is 142 Å². The number of hydrogen-bond donors (Lipinski definition) is 1. The van der Waals surface area contributed by atoms with Crippen molar-refractivity contribution in [3.63, 3.8) is 0 Å². The largest absolute Gasteiger partial charge is 0.272 e. The highest BCUT2D eigenvalue weighted by atomic mass is 32.2. The number of amides is 1. The molecular formula is C15H15N5O3S. The van der Waals surface area contributed by atoms with E-state index in [0.29, 0.717) is 10.7 Å². The number of hydrazone groups is 1. The van der Waals surface area contributed by atoms with E-state index in [0.717, 1.165) is 11.4 Å². The Morgan fingerprint density at radius 2 is 1.92 bits per heavy atom. The van der Waals surface area contributed by atoms with E-state index in [2.05, 4.69) is 20.5 Å². The third-order valence-electron chi connectivity index (χ3n) is 2.80. The minimum atomic E-state index is -0.477. The molecule has 1 amide bonds. The summed E-state index contributed by atoms with van der Waals surface area (Å²) in [6, 6.07) is 7.70. The number of carbonyl (C=O) groups excluding carboxylic acids is 1. The van der Waals surface area contributed by atoms with Crippen LogP contribution in [0.4, 0.5) is 5.69 Å². The Bertz CT molecular complexity index is 757. The van der Waals surface area contributed by atoms with Crippen LogP contribution in [-0.2, 0) is 4.79 Å². The predicted molar refractivity (Wildman–Crippen MR) is 91.1 cm³/mol. The molecule has 2 rings (SSSR count). The second kappa shape index (κ2) is 8.16. The number of aryl methyl sites for hydroxylation is 2. The summed E-state index contributed by atoms with van der Waals surface area (Å²) >= 11 is 1.23. The van der Waals surface area contributed by atoms with Gasteiger partial charge in [-0.05, 0) is 37.6 Å². The molecule has 1 aromatic heterocycles. The molecule has 0 atom stereocenters. The predicted octanol–water partition coefficient (Wildman–Crippen LogP) is 2.24. The van der Waals surface area contributed by atoms with Gasteiger partial charge in [0, 0.05) is 23.5 Å². The number of nitro benzene ring substituents is 1. The van der Waals surface area contributed by atoms with Crippen LogP contribution in [0.3, 0.4) is 0 Å². The van der Waals surface area contributed by atoms with Crippen molar-refractivity contribution >= 4 is 29.6 Å². The first kappa shape index (κ1) is 17.5. The first-order chi connectivity index (χ1) is 11.4. The molecule has 0 radical (unpaired) electrons. The summed E-state index contributed by atoms with van der Waals surface area (Å²) in [6.45, 7) is 3.74. The number of carbonyl (C=O) groups is 1. The summed E-state index contributed by atoms with van der Waals surface area (Å²) in [5.41, 5.74) is 4.73. The van der Waals surface area contributed by atoms with E-state index >= 15 is 0 Å². The molecule has 0 aliphatic carbocycles. The van der Waals surface area contributed by atoms with Crippen molar-refractivity contribution in [1.29, 1.82) is 0 Å². The molecule has 24 heavy (non-hydrogen) atoms. The van der Waals surface area contributed by atoms with Gasteiger partial charge in [-0.15, -0.1) is 0 Å². The van der Waals surface area contributed by atoms with E-state index in [1.165, 1.54) is 30.1 Å². The molecule has 0 bridgehead atoms. The van der Waals surface area contributed by atoms with Crippen LogP contribution in [0.1, 0.15) is 17.0 Å². The molecule has 1 heterocycles. The van der Waals surface area contributed by atoms with E-state index in [1.807, 2.05) is 19.9 Å². The molecule has 0 aliphatic rings. The Morgan fingerprint density at radius 3 is 2.50 bits per heavy atom. The SMILES string of the molecule is Cc1cc(C)nc(SCC(=O)N/N=C\c2ccc([N+](=O)[O-])cc2)n1. The second-order valence-corrected chi connectivity index (χ2v) is 5.81. The molecule has 0 fully saturated rings. The first-order valence-electron chi connectivity index (χ1n) is 6.95. The number of nitrogens with one attached hydrogen (secondary N) is 1. The van der Waals surface area contributed by atoms with Gasteiger partial charge in [0.25, 0.3) is 11.6 Å². The topological polar surface area (TPSA) is 110 Å². The fourth-order valence-electron chi connectivity index (χ4n) is 1.78. The van der Waals surface area contributed by atoms with Crippen molar-refractivity contribution in [2.24, 2.45) is 5.10 Å². The van der Waals surface area contributed by atoms with E-state index in [9.17, 15) is 14.9 Å². The van der Waals surface area contributed by atoms with Gasteiger partial charge >= 0.3 is 0 Å². The number of nitrogens with zero attached hydrogens (tertiary/aromatic N) is 4. The molecule has 0 aliphatic heterocycles. The van der Waals surface area contributed by atoms with Gasteiger partial charge < -0.3 is 0 Å². The Morgan fingerprint density at radius 1 is 1.29 bits per heavy atom. The molecule has 8 nitrogen and oxygen atoms in total.